The van der Waals surface area contributed by atoms with Gasteiger partial charge in [0.25, 0.3) is 0 Å². The number of benzene rings is 1. The molecule has 0 radical (unpaired) electrons. The van der Waals surface area contributed by atoms with E-state index in [0.29, 0.717) is 29.0 Å². The molecular formula is C13H11FN2O2S2. The summed E-state index contributed by atoms with van der Waals surface area (Å²) in [7, 11) is 0. The maximum atomic E-state index is 13.0. The molecule has 1 unspecified atom stereocenters. The molecule has 0 aliphatic carbocycles. The van der Waals surface area contributed by atoms with Crippen LogP contribution in [0.25, 0.3) is 0 Å². The van der Waals surface area contributed by atoms with Crippen molar-refractivity contribution in [1.29, 1.82) is 0 Å². The molecule has 2 aromatic rings. The monoisotopic (exact) mass is 310 g/mol. The van der Waals surface area contributed by atoms with E-state index in [2.05, 4.69) is 10.1 Å². The molecule has 4 nitrogen and oxygen atoms in total. The van der Waals surface area contributed by atoms with Crippen LogP contribution in [0.2, 0.25) is 0 Å². The highest BCUT2D eigenvalue weighted by atomic mass is 32.2. The molecule has 1 saturated heterocycles. The zero-order valence-corrected chi connectivity index (χ0v) is 12.0. The number of aromatic nitrogens is 2. The first-order valence-corrected chi connectivity index (χ1v) is 8.18. The van der Waals surface area contributed by atoms with Crippen LogP contribution in [0, 0.1) is 5.82 Å². The van der Waals surface area contributed by atoms with Crippen molar-refractivity contribution in [3.63, 3.8) is 0 Å². The second kappa shape index (κ2) is 5.97. The van der Waals surface area contributed by atoms with Gasteiger partial charge in [-0.25, -0.2) is 4.39 Å². The number of carbonyl (C=O) groups excluding carboxylic acids is 1. The van der Waals surface area contributed by atoms with E-state index in [-0.39, 0.29) is 17.5 Å². The van der Waals surface area contributed by atoms with Gasteiger partial charge in [-0.15, -0.1) is 11.8 Å². The first-order valence-electron chi connectivity index (χ1n) is 6.03. The van der Waals surface area contributed by atoms with Crippen LogP contribution in [0.5, 0.6) is 0 Å². The summed E-state index contributed by atoms with van der Waals surface area (Å²) in [5, 5.41) is 3.87. The summed E-state index contributed by atoms with van der Waals surface area (Å²) in [5.74, 6) is 2.24. The fraction of sp³-hybridized carbons (Fsp3) is 0.308. The molecule has 0 saturated carbocycles. The van der Waals surface area contributed by atoms with Gasteiger partial charge in [0.2, 0.25) is 5.89 Å². The summed E-state index contributed by atoms with van der Waals surface area (Å²) in [5.41, 5.74) is 0. The topological polar surface area (TPSA) is 56.0 Å². The summed E-state index contributed by atoms with van der Waals surface area (Å²) >= 11 is 3.01. The number of halogens is 1. The Balaban J connectivity index is 1.64. The van der Waals surface area contributed by atoms with Crippen LogP contribution in [0.4, 0.5) is 4.39 Å². The molecule has 0 amide bonds. The third-order valence-electron chi connectivity index (χ3n) is 2.86. The number of Topliss-reactive ketones (excluding diaryl/α,β-unsaturated/α-hetero) is 1. The standard InChI is InChI=1S/C13H11FN2O2S2/c14-8-2-1-3-9(4-8)20-7-12-15-13(18-16-12)10-5-19-6-11(10)17/h1-4,10H,5-7H2. The van der Waals surface area contributed by atoms with Crippen LogP contribution in [0.1, 0.15) is 17.6 Å². The summed E-state index contributed by atoms with van der Waals surface area (Å²) in [4.78, 5) is 16.7. The van der Waals surface area contributed by atoms with Gasteiger partial charge >= 0.3 is 0 Å². The minimum absolute atomic E-state index is 0.142. The fourth-order valence-corrected chi connectivity index (χ4v) is 3.72. The van der Waals surface area contributed by atoms with Crippen molar-refractivity contribution >= 4 is 29.3 Å². The molecule has 2 heterocycles. The lowest BCUT2D eigenvalue weighted by Crippen LogP contribution is -2.09. The maximum Gasteiger partial charge on any atom is 0.238 e. The quantitative estimate of drug-likeness (QED) is 0.809. The zero-order chi connectivity index (χ0) is 13.9. The summed E-state index contributed by atoms with van der Waals surface area (Å²) < 4.78 is 18.2. The van der Waals surface area contributed by atoms with E-state index >= 15 is 0 Å². The van der Waals surface area contributed by atoms with Crippen molar-refractivity contribution in [3.8, 4) is 0 Å². The Hall–Kier alpha value is -1.34. The Labute approximate surface area is 123 Å². The Morgan fingerprint density at radius 3 is 3.15 bits per heavy atom. The number of rotatable bonds is 4. The lowest BCUT2D eigenvalue weighted by atomic mass is 10.1. The van der Waals surface area contributed by atoms with Crippen molar-refractivity contribution in [2.45, 2.75) is 16.6 Å². The van der Waals surface area contributed by atoms with E-state index in [0.717, 1.165) is 4.90 Å². The molecule has 3 rings (SSSR count). The average molecular weight is 310 g/mol. The van der Waals surface area contributed by atoms with Gasteiger partial charge in [-0.05, 0) is 18.2 Å². The lowest BCUT2D eigenvalue weighted by molar-refractivity contribution is -0.117. The highest BCUT2D eigenvalue weighted by Crippen LogP contribution is 2.29. The number of ketones is 1. The molecular weight excluding hydrogens is 299 g/mol. The van der Waals surface area contributed by atoms with Crippen molar-refractivity contribution < 1.29 is 13.7 Å². The molecule has 0 N–H and O–H groups in total. The lowest BCUT2D eigenvalue weighted by Gasteiger charge is -1.98. The van der Waals surface area contributed by atoms with Gasteiger partial charge in [-0.3, -0.25) is 4.79 Å². The summed E-state index contributed by atoms with van der Waals surface area (Å²) in [6, 6.07) is 6.35. The molecule has 1 aromatic heterocycles. The van der Waals surface area contributed by atoms with E-state index < -0.39 is 0 Å². The zero-order valence-electron chi connectivity index (χ0n) is 10.4. The van der Waals surface area contributed by atoms with E-state index in [1.54, 1.807) is 17.8 Å². The fourth-order valence-electron chi connectivity index (χ4n) is 1.85. The molecule has 104 valence electrons. The number of carbonyl (C=O) groups is 1. The van der Waals surface area contributed by atoms with Crippen molar-refractivity contribution in [1.82, 2.24) is 10.1 Å². The third-order valence-corrected chi connectivity index (χ3v) is 4.91. The van der Waals surface area contributed by atoms with Crippen molar-refractivity contribution in [2.24, 2.45) is 0 Å². The maximum absolute atomic E-state index is 13.0. The molecule has 0 spiro atoms. The minimum atomic E-state index is -0.266. The molecule has 1 aliphatic heterocycles. The van der Waals surface area contributed by atoms with Gasteiger partial charge in [0, 0.05) is 10.6 Å². The SMILES string of the molecule is O=C1CSCC1c1nc(CSc2cccc(F)c2)no1. The van der Waals surface area contributed by atoms with Crippen LogP contribution in [-0.2, 0) is 10.5 Å². The van der Waals surface area contributed by atoms with Crippen LogP contribution < -0.4 is 0 Å². The minimum Gasteiger partial charge on any atom is -0.338 e. The predicted molar refractivity (Wildman–Crippen MR) is 75.3 cm³/mol. The summed E-state index contributed by atoms with van der Waals surface area (Å²) in [6.45, 7) is 0. The summed E-state index contributed by atoms with van der Waals surface area (Å²) in [6.07, 6.45) is 0. The highest BCUT2D eigenvalue weighted by Gasteiger charge is 2.31. The van der Waals surface area contributed by atoms with Gasteiger partial charge in [0.05, 0.1) is 11.5 Å². The van der Waals surface area contributed by atoms with E-state index in [1.165, 1.54) is 23.9 Å². The normalized spacial score (nSPS) is 18.6. The number of nitrogens with zero attached hydrogens (tertiary/aromatic N) is 2. The average Bonchev–Trinajstić information content (AvgIpc) is 3.05. The Morgan fingerprint density at radius 2 is 2.40 bits per heavy atom. The first-order chi connectivity index (χ1) is 9.72. The number of hydrogen-bond acceptors (Lipinski definition) is 6. The second-order valence-electron chi connectivity index (χ2n) is 4.33. The molecule has 20 heavy (non-hydrogen) atoms. The molecule has 7 heteroatoms. The predicted octanol–water partition coefficient (Wildman–Crippen LogP) is 2.90. The third kappa shape index (κ3) is 3.04. The van der Waals surface area contributed by atoms with Gasteiger partial charge < -0.3 is 4.52 Å². The molecule has 0 bridgehead atoms. The van der Waals surface area contributed by atoms with Crippen molar-refractivity contribution in [2.75, 3.05) is 11.5 Å². The van der Waals surface area contributed by atoms with Crippen LogP contribution in [0.15, 0.2) is 33.7 Å². The smallest absolute Gasteiger partial charge is 0.238 e. The van der Waals surface area contributed by atoms with Gasteiger partial charge in [0.15, 0.2) is 11.6 Å². The van der Waals surface area contributed by atoms with Gasteiger partial charge in [0.1, 0.15) is 11.7 Å². The largest absolute Gasteiger partial charge is 0.338 e. The van der Waals surface area contributed by atoms with E-state index in [4.69, 9.17) is 4.52 Å². The van der Waals surface area contributed by atoms with E-state index in [9.17, 15) is 9.18 Å². The molecule has 1 fully saturated rings. The Morgan fingerprint density at radius 1 is 1.50 bits per heavy atom. The van der Waals surface area contributed by atoms with Gasteiger partial charge in [-0.1, -0.05) is 11.2 Å². The number of hydrogen-bond donors (Lipinski definition) is 0. The van der Waals surface area contributed by atoms with E-state index in [1.807, 2.05) is 6.07 Å². The first kappa shape index (κ1) is 13.6. The van der Waals surface area contributed by atoms with Crippen LogP contribution in [-0.4, -0.2) is 27.4 Å². The highest BCUT2D eigenvalue weighted by molar-refractivity contribution is 8.00. The molecule has 1 atom stereocenters. The molecule has 1 aromatic carbocycles. The Kier molecular flexibility index (Phi) is 4.07. The second-order valence-corrected chi connectivity index (χ2v) is 6.41. The van der Waals surface area contributed by atoms with Crippen LogP contribution >= 0.6 is 23.5 Å². The molecule has 1 aliphatic rings. The number of thioether (sulfide) groups is 2. The Bertz CT molecular complexity index is 632. The van der Waals surface area contributed by atoms with Gasteiger partial charge in [-0.2, -0.15) is 16.7 Å². The van der Waals surface area contributed by atoms with Crippen LogP contribution in [0.3, 0.4) is 0 Å². The van der Waals surface area contributed by atoms with Crippen molar-refractivity contribution in [3.05, 3.63) is 41.8 Å².